The smallest absolute Gasteiger partial charge is 0.334 e. The van der Waals surface area contributed by atoms with Gasteiger partial charge >= 0.3 is 11.9 Å². The predicted octanol–water partition coefficient (Wildman–Crippen LogP) is 6.20. The number of alkyl halides is 3. The number of hydrogen-bond acceptors (Lipinski definition) is 6. The number of hydrogen-bond donors (Lipinski definition) is 2. The Morgan fingerprint density at radius 1 is 0.966 bits per heavy atom. The minimum atomic E-state index is -4.66. The number of anilines is 4. The summed E-state index contributed by atoms with van der Waals surface area (Å²) in [5, 5.41) is 17.2. The van der Waals surface area contributed by atoms with Crippen LogP contribution in [0.2, 0.25) is 10.0 Å². The Labute approximate surface area is 171 Å². The first-order valence-electron chi connectivity index (χ1n) is 7.81. The highest BCUT2D eigenvalue weighted by Crippen LogP contribution is 2.39. The second kappa shape index (κ2) is 8.10. The summed E-state index contributed by atoms with van der Waals surface area (Å²) in [7, 11) is 0. The summed E-state index contributed by atoms with van der Waals surface area (Å²) < 4.78 is 39.6. The van der Waals surface area contributed by atoms with E-state index in [1.807, 2.05) is 0 Å². The molecule has 0 bridgehead atoms. The number of benzene rings is 2. The third-order valence-electron chi connectivity index (χ3n) is 3.67. The topological polar surface area (TPSA) is 93.0 Å². The van der Waals surface area contributed by atoms with E-state index < -0.39 is 28.2 Å². The van der Waals surface area contributed by atoms with Gasteiger partial charge in [0, 0.05) is 5.69 Å². The standard InChI is InChI=1S/C17H10Cl2F3N5O2/c18-11-6-5-9(7-12(11)19)25-15-14(27(28)29)16(24-8-23-15)26-13-4-2-1-3-10(13)17(20,21)22/h1-8H,(H2,23,24,25,26). The molecule has 1 aromatic heterocycles. The first-order valence-corrected chi connectivity index (χ1v) is 8.57. The molecular weight excluding hydrogens is 434 g/mol. The van der Waals surface area contributed by atoms with Crippen LogP contribution in [0.15, 0.2) is 48.8 Å². The van der Waals surface area contributed by atoms with E-state index in [1.54, 1.807) is 0 Å². The van der Waals surface area contributed by atoms with E-state index in [2.05, 4.69) is 20.6 Å². The van der Waals surface area contributed by atoms with E-state index in [0.29, 0.717) is 5.69 Å². The fourth-order valence-corrected chi connectivity index (χ4v) is 2.71. The van der Waals surface area contributed by atoms with Gasteiger partial charge in [-0.2, -0.15) is 13.2 Å². The summed E-state index contributed by atoms with van der Waals surface area (Å²) in [5.41, 5.74) is -1.69. The molecule has 0 aliphatic carbocycles. The van der Waals surface area contributed by atoms with Crippen molar-refractivity contribution in [2.24, 2.45) is 0 Å². The van der Waals surface area contributed by atoms with E-state index >= 15 is 0 Å². The SMILES string of the molecule is O=[N+]([O-])c1c(Nc2ccc(Cl)c(Cl)c2)ncnc1Nc1ccccc1C(F)(F)F. The quantitative estimate of drug-likeness (QED) is 0.360. The maximum Gasteiger partial charge on any atom is 0.418 e. The highest BCUT2D eigenvalue weighted by atomic mass is 35.5. The van der Waals surface area contributed by atoms with Crippen LogP contribution in [-0.2, 0) is 6.18 Å². The van der Waals surface area contributed by atoms with Crippen LogP contribution in [0.3, 0.4) is 0 Å². The van der Waals surface area contributed by atoms with Crippen molar-refractivity contribution in [1.29, 1.82) is 0 Å². The summed E-state index contributed by atoms with van der Waals surface area (Å²) in [5.74, 6) is -0.653. The Bertz CT molecular complexity index is 1080. The first-order chi connectivity index (χ1) is 13.7. The van der Waals surface area contributed by atoms with Crippen molar-refractivity contribution in [2.45, 2.75) is 6.18 Å². The Morgan fingerprint density at radius 3 is 2.24 bits per heavy atom. The number of nitrogens with zero attached hydrogens (tertiary/aromatic N) is 3. The second-order valence-corrected chi connectivity index (χ2v) is 6.41. The Kier molecular flexibility index (Phi) is 5.76. The van der Waals surface area contributed by atoms with Crippen molar-refractivity contribution in [1.82, 2.24) is 9.97 Å². The van der Waals surface area contributed by atoms with Gasteiger partial charge in [-0.15, -0.1) is 0 Å². The van der Waals surface area contributed by atoms with Gasteiger partial charge in [-0.25, -0.2) is 9.97 Å². The summed E-state index contributed by atoms with van der Waals surface area (Å²) in [6, 6.07) is 8.95. The van der Waals surface area contributed by atoms with Crippen LogP contribution in [0.5, 0.6) is 0 Å². The van der Waals surface area contributed by atoms with Crippen molar-refractivity contribution in [3.8, 4) is 0 Å². The van der Waals surface area contributed by atoms with Crippen molar-refractivity contribution >= 4 is 51.9 Å². The fourth-order valence-electron chi connectivity index (χ4n) is 2.41. The van der Waals surface area contributed by atoms with Gasteiger partial charge in [0.2, 0.25) is 11.6 Å². The van der Waals surface area contributed by atoms with Gasteiger partial charge in [-0.3, -0.25) is 10.1 Å². The second-order valence-electron chi connectivity index (χ2n) is 5.60. The zero-order valence-corrected chi connectivity index (χ0v) is 15.7. The summed E-state index contributed by atoms with van der Waals surface area (Å²) in [4.78, 5) is 18.3. The van der Waals surface area contributed by atoms with Crippen molar-refractivity contribution in [3.63, 3.8) is 0 Å². The lowest BCUT2D eigenvalue weighted by Crippen LogP contribution is -2.10. The number of halogens is 5. The normalized spacial score (nSPS) is 11.2. The Balaban J connectivity index is 2.02. The number of nitro groups is 1. The van der Waals surface area contributed by atoms with Crippen LogP contribution in [-0.4, -0.2) is 14.9 Å². The molecule has 12 heteroatoms. The molecule has 3 aromatic rings. The zero-order valence-electron chi connectivity index (χ0n) is 14.2. The summed E-state index contributed by atoms with van der Waals surface area (Å²) >= 11 is 11.8. The van der Waals surface area contributed by atoms with Gasteiger partial charge in [0.15, 0.2) is 0 Å². The Hall–Kier alpha value is -3.11. The molecule has 0 aliphatic heterocycles. The maximum atomic E-state index is 13.2. The van der Waals surface area contributed by atoms with Crippen molar-refractivity contribution < 1.29 is 18.1 Å². The molecule has 150 valence electrons. The molecule has 0 amide bonds. The van der Waals surface area contributed by atoms with Crippen LogP contribution in [0.4, 0.5) is 41.9 Å². The summed E-state index contributed by atoms with van der Waals surface area (Å²) in [6.45, 7) is 0. The third-order valence-corrected chi connectivity index (χ3v) is 4.41. The molecule has 2 aromatic carbocycles. The lowest BCUT2D eigenvalue weighted by atomic mass is 10.1. The van der Waals surface area contributed by atoms with Gasteiger partial charge in [0.05, 0.1) is 26.2 Å². The first kappa shape index (κ1) is 20.6. The van der Waals surface area contributed by atoms with E-state index in [0.717, 1.165) is 18.5 Å². The van der Waals surface area contributed by atoms with E-state index in [4.69, 9.17) is 23.2 Å². The molecule has 0 radical (unpaired) electrons. The minimum Gasteiger partial charge on any atom is -0.334 e. The number of nitrogens with one attached hydrogen (secondary N) is 2. The highest BCUT2D eigenvalue weighted by Gasteiger charge is 2.34. The van der Waals surface area contributed by atoms with E-state index in [1.165, 1.54) is 30.3 Å². The molecule has 0 spiro atoms. The van der Waals surface area contributed by atoms with E-state index in [9.17, 15) is 23.3 Å². The van der Waals surface area contributed by atoms with E-state index in [-0.39, 0.29) is 21.6 Å². The lowest BCUT2D eigenvalue weighted by Gasteiger charge is -2.14. The molecule has 0 atom stereocenters. The number of para-hydroxylation sites is 1. The molecule has 0 fully saturated rings. The van der Waals surface area contributed by atoms with Crippen LogP contribution in [0.25, 0.3) is 0 Å². The number of aromatic nitrogens is 2. The molecule has 0 unspecified atom stereocenters. The molecule has 2 N–H and O–H groups in total. The lowest BCUT2D eigenvalue weighted by molar-refractivity contribution is -0.383. The van der Waals surface area contributed by atoms with Crippen molar-refractivity contribution in [2.75, 3.05) is 10.6 Å². The number of rotatable bonds is 5. The summed E-state index contributed by atoms with van der Waals surface area (Å²) in [6.07, 6.45) is -3.68. The van der Waals surface area contributed by atoms with Gasteiger partial charge in [-0.1, -0.05) is 35.3 Å². The molecular formula is C17H10Cl2F3N5O2. The average Bonchev–Trinajstić information content (AvgIpc) is 2.64. The molecule has 0 saturated heterocycles. The molecule has 1 heterocycles. The zero-order chi connectivity index (χ0) is 21.2. The maximum absolute atomic E-state index is 13.2. The van der Waals surface area contributed by atoms with Crippen LogP contribution >= 0.6 is 23.2 Å². The molecule has 7 nitrogen and oxygen atoms in total. The molecule has 3 rings (SSSR count). The predicted molar refractivity (Wildman–Crippen MR) is 103 cm³/mol. The average molecular weight is 444 g/mol. The van der Waals surface area contributed by atoms with Gasteiger partial charge in [0.1, 0.15) is 6.33 Å². The van der Waals surface area contributed by atoms with Crippen molar-refractivity contribution in [3.05, 3.63) is 74.5 Å². The van der Waals surface area contributed by atoms with Crippen LogP contribution < -0.4 is 10.6 Å². The minimum absolute atomic E-state index is 0.200. The largest absolute Gasteiger partial charge is 0.418 e. The third kappa shape index (κ3) is 4.66. The molecule has 0 aliphatic rings. The molecule has 0 saturated carbocycles. The van der Waals surface area contributed by atoms with Gasteiger partial charge < -0.3 is 10.6 Å². The van der Waals surface area contributed by atoms with Gasteiger partial charge in [-0.05, 0) is 30.3 Å². The van der Waals surface area contributed by atoms with Gasteiger partial charge in [0.25, 0.3) is 0 Å². The van der Waals surface area contributed by atoms with Crippen LogP contribution in [0, 0.1) is 10.1 Å². The van der Waals surface area contributed by atoms with Crippen LogP contribution in [0.1, 0.15) is 5.56 Å². The Morgan fingerprint density at radius 2 is 1.62 bits per heavy atom. The monoisotopic (exact) mass is 443 g/mol. The fraction of sp³-hybridized carbons (Fsp3) is 0.0588. The highest BCUT2D eigenvalue weighted by molar-refractivity contribution is 6.42. The molecule has 29 heavy (non-hydrogen) atoms.